The molecule has 4 heteroatoms. The molecular weight excluding hydrogens is 220 g/mol. The predicted octanol–water partition coefficient (Wildman–Crippen LogP) is 2.36. The zero-order valence-corrected chi connectivity index (χ0v) is 10.3. The molecule has 0 bridgehead atoms. The van der Waals surface area contributed by atoms with Crippen LogP contribution in [0, 0.1) is 0 Å². The molecule has 0 saturated heterocycles. The fourth-order valence-electron chi connectivity index (χ4n) is 1.38. The summed E-state index contributed by atoms with van der Waals surface area (Å²) in [6, 6.07) is 3.63. The molecule has 1 aromatic rings. The molecule has 17 heavy (non-hydrogen) atoms. The Bertz CT molecular complexity index is 398. The van der Waals surface area contributed by atoms with Crippen LogP contribution in [-0.4, -0.2) is 20.2 Å². The zero-order valence-electron chi connectivity index (χ0n) is 10.3. The molecule has 0 heterocycles. The van der Waals surface area contributed by atoms with Crippen LogP contribution in [0.25, 0.3) is 0 Å². The van der Waals surface area contributed by atoms with Gasteiger partial charge in [0, 0.05) is 6.08 Å². The molecule has 1 rings (SSSR count). The number of esters is 1. The van der Waals surface area contributed by atoms with Crippen molar-refractivity contribution in [2.24, 2.45) is 0 Å². The van der Waals surface area contributed by atoms with Gasteiger partial charge in [0.1, 0.15) is 0 Å². The third-order valence-corrected chi connectivity index (χ3v) is 2.30. The van der Waals surface area contributed by atoms with E-state index in [0.29, 0.717) is 11.5 Å². The van der Waals surface area contributed by atoms with Gasteiger partial charge in [-0.25, -0.2) is 4.79 Å². The van der Waals surface area contributed by atoms with E-state index >= 15 is 0 Å². The first-order chi connectivity index (χ1) is 8.15. The topological polar surface area (TPSA) is 44.8 Å². The molecule has 0 aliphatic rings. The monoisotopic (exact) mass is 236 g/mol. The fraction of sp³-hybridized carbons (Fsp3) is 0.308. The molecule has 0 radical (unpaired) electrons. The average Bonchev–Trinajstić information content (AvgIpc) is 2.38. The van der Waals surface area contributed by atoms with Crippen LogP contribution in [0.2, 0.25) is 0 Å². The molecule has 0 fully saturated rings. The first-order valence-corrected chi connectivity index (χ1v) is 5.25. The molecule has 92 valence electrons. The Kier molecular flexibility index (Phi) is 4.57. The highest BCUT2D eigenvalue weighted by molar-refractivity contribution is 5.84. The third-order valence-electron chi connectivity index (χ3n) is 2.30. The number of hydrogen-bond acceptors (Lipinski definition) is 4. The third kappa shape index (κ3) is 3.00. The number of aryl methyl sites for hydroxylation is 1. The van der Waals surface area contributed by atoms with E-state index in [-0.39, 0.29) is 5.75 Å². The van der Waals surface area contributed by atoms with Gasteiger partial charge < -0.3 is 14.2 Å². The van der Waals surface area contributed by atoms with Crippen molar-refractivity contribution in [3.05, 3.63) is 30.4 Å². The molecule has 0 aliphatic carbocycles. The van der Waals surface area contributed by atoms with Crippen LogP contribution in [0.4, 0.5) is 0 Å². The van der Waals surface area contributed by atoms with Gasteiger partial charge in [-0.2, -0.15) is 0 Å². The van der Waals surface area contributed by atoms with Gasteiger partial charge in [0.2, 0.25) is 5.75 Å². The lowest BCUT2D eigenvalue weighted by molar-refractivity contribution is -0.129. The van der Waals surface area contributed by atoms with Crippen molar-refractivity contribution < 1.29 is 19.0 Å². The summed E-state index contributed by atoms with van der Waals surface area (Å²) in [5.74, 6) is 0.663. The highest BCUT2D eigenvalue weighted by Crippen LogP contribution is 2.38. The second kappa shape index (κ2) is 5.94. The number of rotatable bonds is 5. The summed E-state index contributed by atoms with van der Waals surface area (Å²) in [6.07, 6.45) is 1.93. The van der Waals surface area contributed by atoms with E-state index in [1.165, 1.54) is 14.2 Å². The van der Waals surface area contributed by atoms with Crippen LogP contribution in [0.3, 0.4) is 0 Å². The number of ether oxygens (including phenoxy) is 3. The van der Waals surface area contributed by atoms with Gasteiger partial charge in [-0.05, 0) is 24.1 Å². The Labute approximate surface area is 101 Å². The first kappa shape index (κ1) is 13.1. The highest BCUT2D eigenvalue weighted by Gasteiger charge is 2.15. The van der Waals surface area contributed by atoms with Crippen molar-refractivity contribution in [1.82, 2.24) is 0 Å². The normalized spacial score (nSPS) is 9.59. The Hall–Kier alpha value is -1.97. The lowest BCUT2D eigenvalue weighted by Gasteiger charge is -2.13. The molecule has 0 atom stereocenters. The van der Waals surface area contributed by atoms with Crippen LogP contribution < -0.4 is 14.2 Å². The van der Waals surface area contributed by atoms with Gasteiger partial charge in [-0.1, -0.05) is 13.5 Å². The van der Waals surface area contributed by atoms with Gasteiger partial charge >= 0.3 is 5.97 Å². The molecule has 0 amide bonds. The summed E-state index contributed by atoms with van der Waals surface area (Å²) in [4.78, 5) is 11.2. The molecule has 1 aromatic carbocycles. The Balaban J connectivity index is 3.23. The van der Waals surface area contributed by atoms with Crippen LogP contribution in [0.15, 0.2) is 24.8 Å². The van der Waals surface area contributed by atoms with E-state index in [9.17, 15) is 4.79 Å². The molecular formula is C13H16O4. The van der Waals surface area contributed by atoms with Crippen LogP contribution in [-0.2, 0) is 11.2 Å². The zero-order chi connectivity index (χ0) is 12.8. The number of carbonyl (C=O) groups is 1. The predicted molar refractivity (Wildman–Crippen MR) is 64.8 cm³/mol. The smallest absolute Gasteiger partial charge is 0.335 e. The summed E-state index contributed by atoms with van der Waals surface area (Å²) < 4.78 is 15.5. The number of hydrogen-bond donors (Lipinski definition) is 0. The van der Waals surface area contributed by atoms with E-state index in [0.717, 1.165) is 18.1 Å². The minimum absolute atomic E-state index is 0.275. The Morgan fingerprint density at radius 3 is 2.18 bits per heavy atom. The lowest BCUT2D eigenvalue weighted by atomic mass is 10.1. The largest absolute Gasteiger partial charge is 0.493 e. The summed E-state index contributed by atoms with van der Waals surface area (Å²) in [5, 5.41) is 0. The van der Waals surface area contributed by atoms with Crippen LogP contribution in [0.5, 0.6) is 17.2 Å². The number of benzene rings is 1. The first-order valence-electron chi connectivity index (χ1n) is 5.25. The van der Waals surface area contributed by atoms with Crippen molar-refractivity contribution in [3.63, 3.8) is 0 Å². The number of methoxy groups -OCH3 is 2. The molecule has 0 unspecified atom stereocenters. The highest BCUT2D eigenvalue weighted by atomic mass is 16.6. The van der Waals surface area contributed by atoms with E-state index < -0.39 is 5.97 Å². The van der Waals surface area contributed by atoms with Crippen LogP contribution >= 0.6 is 0 Å². The number of carbonyl (C=O) groups excluding carboxylic acids is 1. The summed E-state index contributed by atoms with van der Waals surface area (Å²) in [5.41, 5.74) is 1.04. The fourth-order valence-corrected chi connectivity index (χ4v) is 1.38. The van der Waals surface area contributed by atoms with Crippen molar-refractivity contribution in [2.75, 3.05) is 14.2 Å². The molecule has 0 aliphatic heterocycles. The maximum Gasteiger partial charge on any atom is 0.335 e. The molecule has 0 aromatic heterocycles. The second-order valence-corrected chi connectivity index (χ2v) is 3.31. The van der Waals surface area contributed by atoms with Gasteiger partial charge in [0.05, 0.1) is 14.2 Å². The Morgan fingerprint density at radius 2 is 1.82 bits per heavy atom. The van der Waals surface area contributed by atoms with E-state index in [2.05, 4.69) is 6.58 Å². The summed E-state index contributed by atoms with van der Waals surface area (Å²) >= 11 is 0. The standard InChI is InChI=1S/C13H16O4/c1-5-9-7-10(15-3)13(11(8-9)16-4)17-12(14)6-2/h6-8H,2,5H2,1,3-4H3. The molecule has 0 N–H and O–H groups in total. The minimum atomic E-state index is -0.550. The average molecular weight is 236 g/mol. The quantitative estimate of drug-likeness (QED) is 0.447. The molecule has 4 nitrogen and oxygen atoms in total. The van der Waals surface area contributed by atoms with Crippen molar-refractivity contribution in [2.45, 2.75) is 13.3 Å². The minimum Gasteiger partial charge on any atom is -0.493 e. The van der Waals surface area contributed by atoms with Crippen molar-refractivity contribution in [1.29, 1.82) is 0 Å². The maximum atomic E-state index is 11.2. The SMILES string of the molecule is C=CC(=O)Oc1c(OC)cc(CC)cc1OC. The lowest BCUT2D eigenvalue weighted by Crippen LogP contribution is -2.06. The van der Waals surface area contributed by atoms with Gasteiger partial charge in [-0.15, -0.1) is 0 Å². The molecule has 0 spiro atoms. The van der Waals surface area contributed by atoms with E-state index in [4.69, 9.17) is 14.2 Å². The van der Waals surface area contributed by atoms with E-state index in [1.807, 2.05) is 19.1 Å². The van der Waals surface area contributed by atoms with Crippen molar-refractivity contribution in [3.8, 4) is 17.2 Å². The second-order valence-electron chi connectivity index (χ2n) is 3.31. The van der Waals surface area contributed by atoms with Crippen molar-refractivity contribution >= 4 is 5.97 Å². The van der Waals surface area contributed by atoms with Crippen LogP contribution in [0.1, 0.15) is 12.5 Å². The molecule has 0 saturated carbocycles. The maximum absolute atomic E-state index is 11.2. The van der Waals surface area contributed by atoms with Gasteiger partial charge in [0.25, 0.3) is 0 Å². The van der Waals surface area contributed by atoms with Gasteiger partial charge in [0.15, 0.2) is 11.5 Å². The van der Waals surface area contributed by atoms with E-state index in [1.54, 1.807) is 0 Å². The van der Waals surface area contributed by atoms with Gasteiger partial charge in [-0.3, -0.25) is 0 Å². The summed E-state index contributed by atoms with van der Waals surface area (Å²) in [7, 11) is 3.03. The Morgan fingerprint density at radius 1 is 1.29 bits per heavy atom. The summed E-state index contributed by atoms with van der Waals surface area (Å²) in [6.45, 7) is 5.36.